The van der Waals surface area contributed by atoms with Crippen molar-refractivity contribution in [3.05, 3.63) is 35.9 Å². The lowest BCUT2D eigenvalue weighted by Gasteiger charge is -2.47. The van der Waals surface area contributed by atoms with Crippen LogP contribution in [0.3, 0.4) is 0 Å². The second-order valence-corrected chi connectivity index (χ2v) is 6.82. The van der Waals surface area contributed by atoms with Gasteiger partial charge < -0.3 is 5.32 Å². The van der Waals surface area contributed by atoms with E-state index in [2.05, 4.69) is 5.32 Å². The Labute approximate surface area is 132 Å². The van der Waals surface area contributed by atoms with Crippen molar-refractivity contribution in [1.29, 1.82) is 0 Å². The first kappa shape index (κ1) is 15.3. The number of carbonyl (C=O) groups excluding carboxylic acids is 2. The van der Waals surface area contributed by atoms with Crippen molar-refractivity contribution in [2.75, 3.05) is 6.54 Å². The highest BCUT2D eigenvalue weighted by atomic mass is 16.2. The molecule has 0 heterocycles. The van der Waals surface area contributed by atoms with Crippen LogP contribution >= 0.6 is 0 Å². The minimum absolute atomic E-state index is 0.00734. The van der Waals surface area contributed by atoms with E-state index in [-0.39, 0.29) is 23.7 Å². The summed E-state index contributed by atoms with van der Waals surface area (Å²) in [5.74, 6) is 0.642. The molecule has 2 aliphatic carbocycles. The molecule has 1 aromatic rings. The maximum absolute atomic E-state index is 12.7. The monoisotopic (exact) mass is 299 g/mol. The van der Waals surface area contributed by atoms with Gasteiger partial charge in [-0.3, -0.25) is 9.59 Å². The Morgan fingerprint density at radius 2 is 1.68 bits per heavy atom. The van der Waals surface area contributed by atoms with Gasteiger partial charge in [0.1, 0.15) is 0 Å². The maximum Gasteiger partial charge on any atom is 0.226 e. The lowest BCUT2D eigenvalue weighted by molar-refractivity contribution is -0.142. The van der Waals surface area contributed by atoms with E-state index in [1.165, 1.54) is 32.1 Å². The molecule has 0 aliphatic heterocycles. The van der Waals surface area contributed by atoms with Gasteiger partial charge in [-0.15, -0.1) is 0 Å². The van der Waals surface area contributed by atoms with Gasteiger partial charge in [0.25, 0.3) is 0 Å². The fraction of sp³-hybridized carbons (Fsp3) is 0.579. The highest BCUT2D eigenvalue weighted by Gasteiger charge is 2.49. The molecule has 1 amide bonds. The maximum atomic E-state index is 12.7. The predicted octanol–water partition coefficient (Wildman–Crippen LogP) is 3.74. The van der Waals surface area contributed by atoms with Crippen LogP contribution in [0.25, 0.3) is 0 Å². The minimum atomic E-state index is -0.169. The lowest BCUT2D eigenvalue weighted by Crippen LogP contribution is -2.51. The molecule has 0 unspecified atom stereocenters. The van der Waals surface area contributed by atoms with E-state index >= 15 is 0 Å². The summed E-state index contributed by atoms with van der Waals surface area (Å²) in [7, 11) is 0. The zero-order valence-corrected chi connectivity index (χ0v) is 13.1. The zero-order valence-electron chi connectivity index (χ0n) is 13.1. The Balaban J connectivity index is 1.59. The van der Waals surface area contributed by atoms with E-state index in [1.807, 2.05) is 18.2 Å². The van der Waals surface area contributed by atoms with E-state index < -0.39 is 0 Å². The molecule has 3 rings (SSSR count). The van der Waals surface area contributed by atoms with Crippen LogP contribution in [-0.4, -0.2) is 18.2 Å². The molecular weight excluding hydrogens is 274 g/mol. The van der Waals surface area contributed by atoms with Crippen LogP contribution in [0.5, 0.6) is 0 Å². The number of rotatable bonds is 5. The first-order valence-corrected chi connectivity index (χ1v) is 8.59. The Hall–Kier alpha value is -1.64. The smallest absolute Gasteiger partial charge is 0.226 e. The Morgan fingerprint density at radius 3 is 2.27 bits per heavy atom. The van der Waals surface area contributed by atoms with Gasteiger partial charge in [-0.05, 0) is 31.6 Å². The zero-order chi connectivity index (χ0) is 15.4. The molecule has 2 saturated carbocycles. The van der Waals surface area contributed by atoms with Crippen LogP contribution in [0.4, 0.5) is 0 Å². The van der Waals surface area contributed by atoms with Crippen molar-refractivity contribution in [2.45, 2.75) is 51.4 Å². The van der Waals surface area contributed by atoms with Crippen LogP contribution < -0.4 is 5.32 Å². The third kappa shape index (κ3) is 2.94. The van der Waals surface area contributed by atoms with Gasteiger partial charge >= 0.3 is 0 Å². The van der Waals surface area contributed by atoms with Gasteiger partial charge in [-0.25, -0.2) is 0 Å². The molecule has 0 radical (unpaired) electrons. The number of hydrogen-bond acceptors (Lipinski definition) is 2. The molecule has 2 aliphatic rings. The fourth-order valence-corrected chi connectivity index (χ4v) is 4.10. The quantitative estimate of drug-likeness (QED) is 0.842. The Kier molecular flexibility index (Phi) is 4.60. The minimum Gasteiger partial charge on any atom is -0.348 e. The van der Waals surface area contributed by atoms with Gasteiger partial charge in [-0.2, -0.15) is 0 Å². The molecule has 3 nitrogen and oxygen atoms in total. The van der Waals surface area contributed by atoms with Crippen molar-refractivity contribution in [1.82, 2.24) is 5.32 Å². The van der Waals surface area contributed by atoms with Crippen LogP contribution in [0.15, 0.2) is 30.3 Å². The Bertz CT molecular complexity index is 528. The summed E-state index contributed by atoms with van der Waals surface area (Å²) < 4.78 is 0. The van der Waals surface area contributed by atoms with Gasteiger partial charge in [0, 0.05) is 5.56 Å². The third-order valence-corrected chi connectivity index (χ3v) is 5.59. The first-order chi connectivity index (χ1) is 10.7. The topological polar surface area (TPSA) is 46.2 Å². The number of ketones is 1. The molecule has 2 fully saturated rings. The summed E-state index contributed by atoms with van der Waals surface area (Å²) in [6.45, 7) is 0.122. The SMILES string of the molecule is O=C(CNC(=O)C1(C2CCCCC2)CCC1)c1ccccc1. The van der Waals surface area contributed by atoms with Crippen molar-refractivity contribution in [3.8, 4) is 0 Å². The largest absolute Gasteiger partial charge is 0.348 e. The van der Waals surface area contributed by atoms with E-state index in [1.54, 1.807) is 12.1 Å². The summed E-state index contributed by atoms with van der Waals surface area (Å²) in [4.78, 5) is 24.9. The Morgan fingerprint density at radius 1 is 1.00 bits per heavy atom. The molecule has 0 aromatic heterocycles. The number of benzene rings is 1. The van der Waals surface area contributed by atoms with Crippen molar-refractivity contribution < 1.29 is 9.59 Å². The third-order valence-electron chi connectivity index (χ3n) is 5.59. The molecule has 1 aromatic carbocycles. The van der Waals surface area contributed by atoms with Crippen molar-refractivity contribution in [3.63, 3.8) is 0 Å². The highest BCUT2D eigenvalue weighted by Crippen LogP contribution is 2.52. The van der Waals surface area contributed by atoms with E-state index in [0.29, 0.717) is 11.5 Å². The molecule has 3 heteroatoms. The van der Waals surface area contributed by atoms with Crippen LogP contribution in [0.2, 0.25) is 0 Å². The molecule has 22 heavy (non-hydrogen) atoms. The average Bonchev–Trinajstić information content (AvgIpc) is 2.53. The molecule has 0 bridgehead atoms. The number of carbonyl (C=O) groups is 2. The molecule has 1 N–H and O–H groups in total. The van der Waals surface area contributed by atoms with E-state index in [4.69, 9.17) is 0 Å². The van der Waals surface area contributed by atoms with Gasteiger partial charge in [0.2, 0.25) is 5.91 Å². The van der Waals surface area contributed by atoms with Crippen LogP contribution in [0, 0.1) is 11.3 Å². The molecule has 118 valence electrons. The average molecular weight is 299 g/mol. The molecule has 0 atom stereocenters. The van der Waals surface area contributed by atoms with Crippen molar-refractivity contribution in [2.24, 2.45) is 11.3 Å². The van der Waals surface area contributed by atoms with E-state index in [0.717, 1.165) is 19.3 Å². The van der Waals surface area contributed by atoms with Gasteiger partial charge in [-0.1, -0.05) is 56.0 Å². The number of nitrogens with one attached hydrogen (secondary N) is 1. The molecular formula is C19H25NO2. The lowest BCUT2D eigenvalue weighted by atomic mass is 9.57. The van der Waals surface area contributed by atoms with Gasteiger partial charge in [0.05, 0.1) is 12.0 Å². The highest BCUT2D eigenvalue weighted by molar-refractivity contribution is 5.99. The normalized spacial score (nSPS) is 20.9. The van der Waals surface area contributed by atoms with Crippen molar-refractivity contribution >= 4 is 11.7 Å². The summed E-state index contributed by atoms with van der Waals surface area (Å²) in [6, 6.07) is 9.19. The number of Topliss-reactive ketones (excluding diaryl/α,β-unsaturated/α-hetero) is 1. The predicted molar refractivity (Wildman–Crippen MR) is 86.6 cm³/mol. The summed E-state index contributed by atoms with van der Waals surface area (Å²) in [6.07, 6.45) is 9.33. The summed E-state index contributed by atoms with van der Waals surface area (Å²) in [5.41, 5.74) is 0.500. The number of amides is 1. The second kappa shape index (κ2) is 6.64. The van der Waals surface area contributed by atoms with Crippen LogP contribution in [0.1, 0.15) is 61.7 Å². The van der Waals surface area contributed by atoms with Gasteiger partial charge in [0.15, 0.2) is 5.78 Å². The molecule has 0 spiro atoms. The standard InChI is InChI=1S/C19H25NO2/c21-17(15-8-3-1-4-9-15)14-20-18(22)19(12-7-13-19)16-10-5-2-6-11-16/h1,3-4,8-9,16H,2,5-7,10-14H2,(H,20,22). The summed E-state index contributed by atoms with van der Waals surface area (Å²) >= 11 is 0. The summed E-state index contributed by atoms with van der Waals surface area (Å²) in [5, 5.41) is 2.93. The molecule has 0 saturated heterocycles. The van der Waals surface area contributed by atoms with Crippen LogP contribution in [-0.2, 0) is 4.79 Å². The second-order valence-electron chi connectivity index (χ2n) is 6.82. The fourth-order valence-electron chi connectivity index (χ4n) is 4.10. The number of hydrogen-bond donors (Lipinski definition) is 1. The van der Waals surface area contributed by atoms with E-state index in [9.17, 15) is 9.59 Å². The first-order valence-electron chi connectivity index (χ1n) is 8.59.